The Morgan fingerprint density at radius 1 is 1.20 bits per heavy atom. The molecule has 1 amide bonds. The van der Waals surface area contributed by atoms with E-state index in [1.165, 1.54) is 6.07 Å². The largest absolute Gasteiger partial charge is 0.508 e. The van der Waals surface area contributed by atoms with Gasteiger partial charge in [0.1, 0.15) is 22.8 Å². The summed E-state index contributed by atoms with van der Waals surface area (Å²) in [5.41, 5.74) is 3.57. The third-order valence-electron chi connectivity index (χ3n) is 6.56. The number of carbonyl (C=O) groups excluding carboxylic acids is 3. The SMILES string of the molecule is CCCc1ccc(O)c2c1CC1CC3CC(=O)C(C(N)=O)=C(O)C3(O)C(=O)C1=C2O. The van der Waals surface area contributed by atoms with Crippen molar-refractivity contribution in [3.8, 4) is 5.75 Å². The quantitative estimate of drug-likeness (QED) is 0.468. The molecule has 0 bridgehead atoms. The number of aliphatic hydroxyl groups excluding tert-OH is 2. The molecule has 0 radical (unpaired) electrons. The van der Waals surface area contributed by atoms with Crippen LogP contribution in [0.4, 0.5) is 0 Å². The number of fused-ring (bicyclic) bond motifs is 3. The number of ketones is 2. The van der Waals surface area contributed by atoms with Crippen LogP contribution in [0, 0.1) is 11.8 Å². The van der Waals surface area contributed by atoms with Crippen molar-refractivity contribution in [3.05, 3.63) is 45.7 Å². The van der Waals surface area contributed by atoms with Crippen LogP contribution in [0.2, 0.25) is 0 Å². The molecule has 8 nitrogen and oxygen atoms in total. The Balaban J connectivity index is 1.92. The van der Waals surface area contributed by atoms with E-state index in [2.05, 4.69) is 0 Å². The van der Waals surface area contributed by atoms with Crippen molar-refractivity contribution in [2.45, 2.75) is 44.6 Å². The Labute approximate surface area is 172 Å². The second-order valence-corrected chi connectivity index (χ2v) is 8.25. The summed E-state index contributed by atoms with van der Waals surface area (Å²) in [6.07, 6.45) is 1.75. The first kappa shape index (κ1) is 20.2. The maximum atomic E-state index is 13.3. The number of aliphatic hydroxyl groups is 3. The van der Waals surface area contributed by atoms with Gasteiger partial charge in [-0.1, -0.05) is 19.4 Å². The molecule has 3 unspecified atom stereocenters. The second-order valence-electron chi connectivity index (χ2n) is 8.25. The standard InChI is InChI=1S/C22H23NO7/c1-2-3-9-4-5-13(24)16-12(9)7-10-6-11-8-14(25)17(21(23)29)20(28)22(11,30)19(27)15(10)18(16)26/h4-5,10-11,24,26,28,30H,2-3,6-8H2,1H3,(H2,23,29). The molecule has 3 atom stereocenters. The smallest absolute Gasteiger partial charge is 0.255 e. The van der Waals surface area contributed by atoms with Gasteiger partial charge in [0.15, 0.2) is 11.4 Å². The van der Waals surface area contributed by atoms with Crippen LogP contribution in [-0.2, 0) is 27.2 Å². The summed E-state index contributed by atoms with van der Waals surface area (Å²) in [6.45, 7) is 2.01. The molecule has 0 aromatic heterocycles. The number of amides is 1. The van der Waals surface area contributed by atoms with Gasteiger partial charge in [-0.05, 0) is 42.4 Å². The van der Waals surface area contributed by atoms with Crippen molar-refractivity contribution in [2.24, 2.45) is 17.6 Å². The van der Waals surface area contributed by atoms with Crippen molar-refractivity contribution >= 4 is 23.2 Å². The Hall–Kier alpha value is -3.13. The van der Waals surface area contributed by atoms with E-state index in [1.54, 1.807) is 6.07 Å². The van der Waals surface area contributed by atoms with E-state index >= 15 is 0 Å². The lowest BCUT2D eigenvalue weighted by molar-refractivity contribution is -0.147. The Morgan fingerprint density at radius 2 is 1.90 bits per heavy atom. The molecule has 3 aliphatic rings. The maximum absolute atomic E-state index is 13.3. The molecule has 30 heavy (non-hydrogen) atoms. The Bertz CT molecular complexity index is 1070. The summed E-state index contributed by atoms with van der Waals surface area (Å²) >= 11 is 0. The average molecular weight is 413 g/mol. The fourth-order valence-electron chi connectivity index (χ4n) is 5.19. The lowest BCUT2D eigenvalue weighted by Gasteiger charge is -2.46. The minimum absolute atomic E-state index is 0.116. The van der Waals surface area contributed by atoms with Gasteiger partial charge in [-0.15, -0.1) is 0 Å². The molecule has 4 rings (SSSR count). The highest BCUT2D eigenvalue weighted by atomic mass is 16.3. The average Bonchev–Trinajstić information content (AvgIpc) is 2.66. The molecule has 6 N–H and O–H groups in total. The first-order chi connectivity index (χ1) is 14.1. The highest BCUT2D eigenvalue weighted by molar-refractivity contribution is 6.22. The third kappa shape index (κ3) is 2.53. The van der Waals surface area contributed by atoms with Crippen LogP contribution in [-0.4, -0.2) is 43.5 Å². The molecular formula is C22H23NO7. The molecule has 1 fully saturated rings. The summed E-state index contributed by atoms with van der Waals surface area (Å²) in [6, 6.07) is 3.24. The summed E-state index contributed by atoms with van der Waals surface area (Å²) in [4.78, 5) is 37.3. The fraction of sp³-hybridized carbons (Fsp3) is 0.409. The number of primary amides is 1. The molecule has 0 aliphatic heterocycles. The maximum Gasteiger partial charge on any atom is 0.255 e. The number of nitrogens with two attached hydrogens (primary N) is 1. The number of hydrogen-bond donors (Lipinski definition) is 5. The van der Waals surface area contributed by atoms with Gasteiger partial charge >= 0.3 is 0 Å². The number of Topliss-reactive ketones (excluding diaryl/α,β-unsaturated/α-hetero) is 2. The van der Waals surface area contributed by atoms with Gasteiger partial charge in [-0.2, -0.15) is 0 Å². The van der Waals surface area contributed by atoms with E-state index in [0.29, 0.717) is 6.42 Å². The van der Waals surface area contributed by atoms with E-state index in [0.717, 1.165) is 24.0 Å². The first-order valence-corrected chi connectivity index (χ1v) is 9.93. The van der Waals surface area contributed by atoms with E-state index < -0.39 is 52.0 Å². The zero-order valence-corrected chi connectivity index (χ0v) is 16.4. The molecule has 1 aromatic rings. The number of carbonyl (C=O) groups is 3. The van der Waals surface area contributed by atoms with Gasteiger partial charge < -0.3 is 26.2 Å². The zero-order valence-electron chi connectivity index (χ0n) is 16.4. The summed E-state index contributed by atoms with van der Waals surface area (Å²) < 4.78 is 0. The highest BCUT2D eigenvalue weighted by Gasteiger charge is 2.60. The molecular weight excluding hydrogens is 390 g/mol. The lowest BCUT2D eigenvalue weighted by atomic mass is 9.59. The molecule has 0 spiro atoms. The van der Waals surface area contributed by atoms with Crippen molar-refractivity contribution in [1.82, 2.24) is 0 Å². The topological polar surface area (TPSA) is 158 Å². The Kier molecular flexibility index (Phi) is 4.50. The summed E-state index contributed by atoms with van der Waals surface area (Å²) in [7, 11) is 0. The van der Waals surface area contributed by atoms with Crippen molar-refractivity contribution in [3.63, 3.8) is 0 Å². The number of rotatable bonds is 3. The number of aromatic hydroxyl groups is 1. The van der Waals surface area contributed by atoms with Crippen molar-refractivity contribution in [1.29, 1.82) is 0 Å². The van der Waals surface area contributed by atoms with Crippen LogP contribution in [0.3, 0.4) is 0 Å². The molecule has 0 heterocycles. The van der Waals surface area contributed by atoms with E-state index in [1.807, 2.05) is 6.92 Å². The molecule has 1 saturated carbocycles. The van der Waals surface area contributed by atoms with Gasteiger partial charge in [0.25, 0.3) is 5.91 Å². The molecule has 1 aromatic carbocycles. The van der Waals surface area contributed by atoms with E-state index in [4.69, 9.17) is 5.73 Å². The highest BCUT2D eigenvalue weighted by Crippen LogP contribution is 2.52. The van der Waals surface area contributed by atoms with Gasteiger partial charge in [0.05, 0.1) is 5.56 Å². The summed E-state index contributed by atoms with van der Waals surface area (Å²) in [5.74, 6) is -6.07. The van der Waals surface area contributed by atoms with E-state index in [-0.39, 0.29) is 29.7 Å². The molecule has 0 saturated heterocycles. The molecule has 3 aliphatic carbocycles. The van der Waals surface area contributed by atoms with Crippen molar-refractivity contribution < 1.29 is 34.8 Å². The van der Waals surface area contributed by atoms with Gasteiger partial charge in [0.2, 0.25) is 5.78 Å². The summed E-state index contributed by atoms with van der Waals surface area (Å²) in [5, 5.41) is 43.0. The van der Waals surface area contributed by atoms with Crippen molar-refractivity contribution in [2.75, 3.05) is 0 Å². The third-order valence-corrected chi connectivity index (χ3v) is 6.56. The predicted molar refractivity (Wildman–Crippen MR) is 105 cm³/mol. The van der Waals surface area contributed by atoms with Gasteiger partial charge in [-0.3, -0.25) is 14.4 Å². The minimum Gasteiger partial charge on any atom is -0.508 e. The zero-order chi connectivity index (χ0) is 22.0. The van der Waals surface area contributed by atoms with E-state index in [9.17, 15) is 34.8 Å². The van der Waals surface area contributed by atoms with Crippen LogP contribution in [0.1, 0.15) is 42.9 Å². The second kappa shape index (κ2) is 6.70. The number of hydrogen-bond acceptors (Lipinski definition) is 7. The minimum atomic E-state index is -2.52. The van der Waals surface area contributed by atoms with Gasteiger partial charge in [-0.25, -0.2) is 0 Å². The van der Waals surface area contributed by atoms with Crippen LogP contribution in [0.15, 0.2) is 29.0 Å². The number of benzene rings is 1. The number of phenolic OH excluding ortho intramolecular Hbond substituents is 1. The van der Waals surface area contributed by atoms with Gasteiger partial charge in [0, 0.05) is 17.9 Å². The van der Waals surface area contributed by atoms with Crippen LogP contribution in [0.5, 0.6) is 5.75 Å². The fourth-order valence-corrected chi connectivity index (χ4v) is 5.19. The monoisotopic (exact) mass is 413 g/mol. The molecule has 158 valence electrons. The Morgan fingerprint density at radius 3 is 2.53 bits per heavy atom. The molecule has 8 heteroatoms. The first-order valence-electron chi connectivity index (χ1n) is 9.93. The van der Waals surface area contributed by atoms with Crippen LogP contribution >= 0.6 is 0 Å². The number of aryl methyl sites for hydroxylation is 1. The predicted octanol–water partition coefficient (Wildman–Crippen LogP) is 1.38. The lowest BCUT2D eigenvalue weighted by Crippen LogP contribution is -2.58. The van der Waals surface area contributed by atoms with Crippen LogP contribution < -0.4 is 5.73 Å². The number of phenols is 1. The van der Waals surface area contributed by atoms with Crippen LogP contribution in [0.25, 0.3) is 5.76 Å². The normalized spacial score (nSPS) is 28.2.